The normalized spacial score (nSPS) is 18.4. The Kier molecular flexibility index (Phi) is 9.55. The van der Waals surface area contributed by atoms with Crippen LogP contribution in [0.4, 0.5) is 0 Å². The van der Waals surface area contributed by atoms with Gasteiger partial charge in [-0.2, -0.15) is 0 Å². The van der Waals surface area contributed by atoms with Gasteiger partial charge in [0.05, 0.1) is 25.0 Å². The van der Waals surface area contributed by atoms with Crippen molar-refractivity contribution in [1.29, 1.82) is 0 Å². The number of phenolic OH excluding ortho intramolecular Hbond substituents is 6. The molecule has 0 bridgehead atoms. The zero-order chi connectivity index (χ0) is 39.1. The second-order valence-electron chi connectivity index (χ2n) is 13.9. The van der Waals surface area contributed by atoms with Gasteiger partial charge in [-0.25, -0.2) is 0 Å². The molecule has 0 spiro atoms. The molecule has 8 rings (SSSR count). The van der Waals surface area contributed by atoms with Crippen LogP contribution in [-0.2, 0) is 0 Å². The Bertz CT molecular complexity index is 2380. The Morgan fingerprint density at radius 2 is 0.929 bits per heavy atom. The molecule has 0 aliphatic carbocycles. The maximum atomic E-state index is 11.1. The van der Waals surface area contributed by atoms with Crippen molar-refractivity contribution in [3.05, 3.63) is 160 Å². The summed E-state index contributed by atoms with van der Waals surface area (Å²) in [5.74, 6) is -0.296. The summed E-state index contributed by atoms with van der Waals surface area (Å²) >= 11 is 0. The van der Waals surface area contributed by atoms with Gasteiger partial charge >= 0.3 is 0 Å². The van der Waals surface area contributed by atoms with Crippen LogP contribution in [0.3, 0.4) is 0 Å². The maximum Gasteiger partial charge on any atom is 0.145 e. The fraction of sp³-hybridized carbons (Fsp3) is 0.156. The van der Waals surface area contributed by atoms with Crippen LogP contribution in [0.25, 0.3) is 12.2 Å². The Morgan fingerprint density at radius 1 is 0.482 bits per heavy atom. The van der Waals surface area contributed by atoms with Gasteiger partial charge in [0.15, 0.2) is 0 Å². The number of aliphatic hydroxyl groups is 2. The molecular weight excluding hydrogens is 716 g/mol. The molecule has 0 radical (unpaired) electrons. The molecule has 11 nitrogen and oxygen atoms in total. The van der Waals surface area contributed by atoms with Gasteiger partial charge in [0, 0.05) is 29.3 Å². The van der Waals surface area contributed by atoms with E-state index < -0.39 is 43.4 Å². The Morgan fingerprint density at radius 3 is 1.41 bits per heavy atom. The number of benzene rings is 6. The highest BCUT2D eigenvalue weighted by Crippen LogP contribution is 2.60. The summed E-state index contributed by atoms with van der Waals surface area (Å²) in [5.41, 5.74) is 5.43. The third-order valence-corrected chi connectivity index (χ3v) is 10.2. The van der Waals surface area contributed by atoms with Crippen molar-refractivity contribution in [2.45, 2.75) is 30.1 Å². The minimum absolute atomic E-state index is 0.0651. The summed E-state index contributed by atoms with van der Waals surface area (Å²) in [6.07, 6.45) is 1.48. The van der Waals surface area contributed by atoms with Gasteiger partial charge in [-0.3, -0.25) is 0 Å². The highest BCUT2D eigenvalue weighted by atomic mass is 16.5. The summed E-state index contributed by atoms with van der Waals surface area (Å²) in [6, 6.07) is 30.8. The van der Waals surface area contributed by atoms with Crippen molar-refractivity contribution >= 4 is 12.2 Å². The van der Waals surface area contributed by atoms with Gasteiger partial charge in [-0.1, -0.05) is 48.6 Å². The monoisotopic (exact) mass is 754 g/mol. The van der Waals surface area contributed by atoms with Crippen LogP contribution < -0.4 is 14.2 Å². The molecule has 6 aromatic rings. The van der Waals surface area contributed by atoms with Crippen LogP contribution in [0.1, 0.15) is 68.6 Å². The predicted octanol–water partition coefficient (Wildman–Crippen LogP) is 7.35. The summed E-state index contributed by atoms with van der Waals surface area (Å²) in [6.45, 7) is -0.918. The minimum Gasteiger partial charge on any atom is -0.508 e. The van der Waals surface area contributed by atoms with Gasteiger partial charge in [-0.15, -0.1) is 0 Å². The molecule has 0 amide bonds. The summed E-state index contributed by atoms with van der Waals surface area (Å²) in [4.78, 5) is 0. The van der Waals surface area contributed by atoms with Crippen molar-refractivity contribution in [3.8, 4) is 51.7 Å². The van der Waals surface area contributed by atoms with E-state index >= 15 is 0 Å². The largest absolute Gasteiger partial charge is 0.508 e. The number of ether oxygens (including phenoxy) is 3. The molecule has 0 saturated heterocycles. The van der Waals surface area contributed by atoms with Crippen LogP contribution >= 0.6 is 0 Å². The van der Waals surface area contributed by atoms with E-state index in [0.29, 0.717) is 44.9 Å². The lowest BCUT2D eigenvalue weighted by Gasteiger charge is -2.24. The lowest BCUT2D eigenvalue weighted by molar-refractivity contribution is 0.0627. The quantitative estimate of drug-likeness (QED) is 0.0653. The maximum absolute atomic E-state index is 11.1. The van der Waals surface area contributed by atoms with E-state index in [4.69, 9.17) is 14.2 Å². The third-order valence-electron chi connectivity index (χ3n) is 10.2. The fourth-order valence-electron chi connectivity index (χ4n) is 7.69. The summed E-state index contributed by atoms with van der Waals surface area (Å²) < 4.78 is 19.5. The summed E-state index contributed by atoms with van der Waals surface area (Å²) in [5, 5.41) is 82.5. The van der Waals surface area contributed by atoms with E-state index in [2.05, 4.69) is 0 Å². The average molecular weight is 755 g/mol. The number of aliphatic hydroxyl groups excluding tert-OH is 2. The van der Waals surface area contributed by atoms with Gasteiger partial charge in [0.1, 0.15) is 70.1 Å². The van der Waals surface area contributed by atoms with Crippen LogP contribution in [0.15, 0.2) is 115 Å². The minimum atomic E-state index is -0.940. The zero-order valence-corrected chi connectivity index (χ0v) is 29.7. The lowest BCUT2D eigenvalue weighted by Crippen LogP contribution is -2.25. The van der Waals surface area contributed by atoms with E-state index in [0.717, 1.165) is 11.1 Å². The van der Waals surface area contributed by atoms with Crippen LogP contribution in [0, 0.1) is 0 Å². The van der Waals surface area contributed by atoms with Gasteiger partial charge in [0.25, 0.3) is 0 Å². The predicted molar refractivity (Wildman–Crippen MR) is 207 cm³/mol. The molecule has 2 aliphatic heterocycles. The average Bonchev–Trinajstić information content (AvgIpc) is 3.75. The van der Waals surface area contributed by atoms with Crippen molar-refractivity contribution in [1.82, 2.24) is 0 Å². The topological polar surface area (TPSA) is 190 Å². The molecular formula is C45H38O11. The first-order valence-electron chi connectivity index (χ1n) is 17.9. The zero-order valence-electron chi connectivity index (χ0n) is 29.7. The van der Waals surface area contributed by atoms with E-state index in [1.165, 1.54) is 12.1 Å². The molecule has 0 fully saturated rings. The fourth-order valence-corrected chi connectivity index (χ4v) is 7.69. The SMILES string of the molecule is OCC(CO)Oc1cc(O)cc(C2c3c(cc4c(c3C=Cc3ccc(O)cc3)C(c3cc(O)cc(O)c3)C(c3ccc(O)cc3)O4)OC2c2ccc(O)cc2)c1. The molecule has 56 heavy (non-hydrogen) atoms. The number of hydrogen-bond acceptors (Lipinski definition) is 11. The molecule has 4 atom stereocenters. The van der Waals surface area contributed by atoms with Crippen LogP contribution in [0.2, 0.25) is 0 Å². The van der Waals surface area contributed by atoms with Gasteiger partial charge in [0.2, 0.25) is 0 Å². The van der Waals surface area contributed by atoms with E-state index in [-0.39, 0.29) is 40.2 Å². The molecule has 0 aromatic heterocycles. The van der Waals surface area contributed by atoms with Crippen molar-refractivity contribution < 1.29 is 55.1 Å². The Balaban J connectivity index is 1.40. The molecule has 2 heterocycles. The summed E-state index contributed by atoms with van der Waals surface area (Å²) in [7, 11) is 0. The van der Waals surface area contributed by atoms with Gasteiger partial charge < -0.3 is 55.1 Å². The molecule has 11 heteroatoms. The molecule has 8 N–H and O–H groups in total. The first-order chi connectivity index (χ1) is 27.1. The van der Waals surface area contributed by atoms with E-state index in [1.54, 1.807) is 103 Å². The first kappa shape index (κ1) is 36.2. The highest BCUT2D eigenvalue weighted by Gasteiger charge is 2.46. The number of fused-ring (bicyclic) bond motifs is 2. The third kappa shape index (κ3) is 6.97. The van der Waals surface area contributed by atoms with E-state index in [9.17, 15) is 40.9 Å². The number of rotatable bonds is 10. The second kappa shape index (κ2) is 14.8. The Hall–Kier alpha value is -6.82. The molecule has 4 unspecified atom stereocenters. The van der Waals surface area contributed by atoms with Crippen LogP contribution in [-0.4, -0.2) is 60.2 Å². The van der Waals surface area contributed by atoms with Crippen LogP contribution in [0.5, 0.6) is 51.7 Å². The van der Waals surface area contributed by atoms with Gasteiger partial charge in [-0.05, 0) is 94.0 Å². The van der Waals surface area contributed by atoms with E-state index in [1.807, 2.05) is 12.2 Å². The van der Waals surface area contributed by atoms with Crippen molar-refractivity contribution in [2.24, 2.45) is 0 Å². The molecule has 284 valence electrons. The molecule has 0 saturated carbocycles. The lowest BCUT2D eigenvalue weighted by atomic mass is 9.77. The standard InChI is InChI=1S/C45H38O11/c46-22-36(23-47)54-35-18-28(17-34(53)20-35)41-43-37(14-3-24-1-8-29(48)9-2-24)42-38(21-39(43)56-45(41)26-6-12-31(50)13-7-26)55-44(25-4-10-30(49)11-5-25)40(42)27-15-32(51)19-33(52)16-27/h1-21,36,40-41,44-53H,22-23H2. The first-order valence-corrected chi connectivity index (χ1v) is 17.9. The van der Waals surface area contributed by atoms with Crippen molar-refractivity contribution in [2.75, 3.05) is 13.2 Å². The number of phenols is 6. The highest BCUT2D eigenvalue weighted by molar-refractivity contribution is 5.80. The van der Waals surface area contributed by atoms with Crippen molar-refractivity contribution in [3.63, 3.8) is 0 Å². The molecule has 6 aromatic carbocycles. The molecule has 2 aliphatic rings. The number of hydrogen-bond donors (Lipinski definition) is 8. The number of aromatic hydroxyl groups is 6. The Labute approximate surface area is 321 Å². The smallest absolute Gasteiger partial charge is 0.145 e. The second-order valence-corrected chi connectivity index (χ2v) is 13.9.